The van der Waals surface area contributed by atoms with Crippen LogP contribution in [0.1, 0.15) is 24.8 Å². The van der Waals surface area contributed by atoms with Gasteiger partial charge in [0.15, 0.2) is 0 Å². The van der Waals surface area contributed by atoms with Crippen molar-refractivity contribution in [2.75, 3.05) is 13.2 Å². The van der Waals surface area contributed by atoms with Crippen LogP contribution in [-0.4, -0.2) is 18.7 Å². The molecule has 2 heteroatoms. The summed E-state index contributed by atoms with van der Waals surface area (Å²) < 4.78 is 5.85. The fourth-order valence-electron chi connectivity index (χ4n) is 2.73. The molecule has 1 spiro atoms. The monoisotopic (exact) mass is 203 g/mol. The molecule has 0 radical (unpaired) electrons. The third kappa shape index (κ3) is 1.63. The lowest BCUT2D eigenvalue weighted by Gasteiger charge is -2.41. The fraction of sp³-hybridized carbons (Fsp3) is 0.538. The van der Waals surface area contributed by atoms with Crippen molar-refractivity contribution >= 4 is 0 Å². The van der Waals surface area contributed by atoms with E-state index in [4.69, 9.17) is 4.74 Å². The van der Waals surface area contributed by atoms with Crippen molar-refractivity contribution in [1.29, 1.82) is 0 Å². The van der Waals surface area contributed by atoms with E-state index in [0.29, 0.717) is 0 Å². The second kappa shape index (κ2) is 3.53. The lowest BCUT2D eigenvalue weighted by Crippen LogP contribution is -2.56. The van der Waals surface area contributed by atoms with Gasteiger partial charge in [-0.2, -0.15) is 0 Å². The normalized spacial score (nSPS) is 29.6. The Morgan fingerprint density at radius 2 is 2.13 bits per heavy atom. The third-order valence-electron chi connectivity index (χ3n) is 3.59. The van der Waals surface area contributed by atoms with Gasteiger partial charge in [0.2, 0.25) is 0 Å². The number of ether oxygens (including phenoxy) is 1. The average molecular weight is 203 g/mol. The highest BCUT2D eigenvalue weighted by Crippen LogP contribution is 2.33. The maximum Gasteiger partial charge on any atom is 0.122 e. The smallest absolute Gasteiger partial charge is 0.122 e. The molecule has 0 saturated carbocycles. The molecule has 0 amide bonds. The van der Waals surface area contributed by atoms with E-state index in [-0.39, 0.29) is 5.54 Å². The van der Waals surface area contributed by atoms with Gasteiger partial charge >= 0.3 is 0 Å². The zero-order chi connectivity index (χ0) is 10.1. The molecule has 1 N–H and O–H groups in total. The first-order chi connectivity index (χ1) is 7.38. The molecule has 1 atom stereocenters. The van der Waals surface area contributed by atoms with Crippen LogP contribution in [0.2, 0.25) is 0 Å². The summed E-state index contributed by atoms with van der Waals surface area (Å²) in [5.41, 5.74) is 1.59. The van der Waals surface area contributed by atoms with E-state index in [1.165, 1.54) is 24.8 Å². The fourth-order valence-corrected chi connectivity index (χ4v) is 2.73. The maximum atomic E-state index is 5.85. The molecule has 2 nitrogen and oxygen atoms in total. The van der Waals surface area contributed by atoms with Gasteiger partial charge in [-0.05, 0) is 37.4 Å². The molecule has 1 unspecified atom stereocenters. The van der Waals surface area contributed by atoms with E-state index >= 15 is 0 Å². The number of hydrogen-bond donors (Lipinski definition) is 1. The Balaban J connectivity index is 1.87. The van der Waals surface area contributed by atoms with Gasteiger partial charge in [-0.25, -0.2) is 0 Å². The molecule has 80 valence electrons. The zero-order valence-corrected chi connectivity index (χ0v) is 8.96. The van der Waals surface area contributed by atoms with Gasteiger partial charge in [0.05, 0.1) is 5.54 Å². The zero-order valence-electron chi connectivity index (χ0n) is 8.96. The van der Waals surface area contributed by atoms with Crippen LogP contribution < -0.4 is 10.1 Å². The first kappa shape index (κ1) is 9.22. The number of hydrogen-bond acceptors (Lipinski definition) is 2. The second-order valence-electron chi connectivity index (χ2n) is 4.74. The first-order valence-electron chi connectivity index (χ1n) is 5.84. The van der Waals surface area contributed by atoms with Crippen LogP contribution in [0, 0.1) is 0 Å². The molecule has 2 aliphatic rings. The van der Waals surface area contributed by atoms with Crippen molar-refractivity contribution < 1.29 is 4.74 Å². The highest BCUT2D eigenvalue weighted by Gasteiger charge is 2.36. The molecule has 0 aliphatic carbocycles. The molecule has 2 aliphatic heterocycles. The third-order valence-corrected chi connectivity index (χ3v) is 3.59. The summed E-state index contributed by atoms with van der Waals surface area (Å²) in [6.07, 6.45) is 5.02. The van der Waals surface area contributed by atoms with Gasteiger partial charge in [0, 0.05) is 0 Å². The van der Waals surface area contributed by atoms with Gasteiger partial charge in [-0.1, -0.05) is 24.6 Å². The van der Waals surface area contributed by atoms with Crippen LogP contribution in [0.15, 0.2) is 24.3 Å². The van der Waals surface area contributed by atoms with Crippen molar-refractivity contribution in [1.82, 2.24) is 5.32 Å². The summed E-state index contributed by atoms with van der Waals surface area (Å²) in [7, 11) is 0. The minimum atomic E-state index is 0.229. The predicted molar refractivity (Wildman–Crippen MR) is 60.2 cm³/mol. The Hall–Kier alpha value is -1.02. The lowest BCUT2D eigenvalue weighted by atomic mass is 9.82. The standard InChI is InChI=1S/C13H17NO/c1-2-6-12-11(5-1)9-13(10-15-12)7-3-4-8-14-13/h1-2,5-6,14H,3-4,7-10H2. The minimum Gasteiger partial charge on any atom is -0.491 e. The first-order valence-corrected chi connectivity index (χ1v) is 5.84. The Morgan fingerprint density at radius 1 is 1.20 bits per heavy atom. The van der Waals surface area contributed by atoms with Crippen LogP contribution in [0.5, 0.6) is 5.75 Å². The summed E-state index contributed by atoms with van der Waals surface area (Å²) in [4.78, 5) is 0. The summed E-state index contributed by atoms with van der Waals surface area (Å²) in [6.45, 7) is 1.98. The van der Waals surface area contributed by atoms with Crippen LogP contribution in [-0.2, 0) is 6.42 Å². The highest BCUT2D eigenvalue weighted by molar-refractivity contribution is 5.37. The van der Waals surface area contributed by atoms with Gasteiger partial charge in [0.25, 0.3) is 0 Å². The van der Waals surface area contributed by atoms with Crippen molar-refractivity contribution in [3.05, 3.63) is 29.8 Å². The summed E-state index contributed by atoms with van der Waals surface area (Å²) in [5, 5.41) is 3.65. The molecule has 15 heavy (non-hydrogen) atoms. The minimum absolute atomic E-state index is 0.229. The van der Waals surface area contributed by atoms with Crippen molar-refractivity contribution in [2.45, 2.75) is 31.2 Å². The van der Waals surface area contributed by atoms with Gasteiger partial charge < -0.3 is 10.1 Å². The van der Waals surface area contributed by atoms with E-state index in [9.17, 15) is 0 Å². The van der Waals surface area contributed by atoms with E-state index < -0.39 is 0 Å². The van der Waals surface area contributed by atoms with Gasteiger partial charge in [-0.15, -0.1) is 0 Å². The number of rotatable bonds is 0. The summed E-state index contributed by atoms with van der Waals surface area (Å²) in [5.74, 6) is 1.08. The Bertz CT molecular complexity index is 355. The summed E-state index contributed by atoms with van der Waals surface area (Å²) >= 11 is 0. The van der Waals surface area contributed by atoms with Crippen LogP contribution in [0.4, 0.5) is 0 Å². The average Bonchev–Trinajstić information content (AvgIpc) is 2.30. The number of piperidine rings is 1. The molecule has 1 aromatic rings. The van der Waals surface area contributed by atoms with E-state index in [1.54, 1.807) is 0 Å². The number of fused-ring (bicyclic) bond motifs is 1. The molecule has 1 saturated heterocycles. The topological polar surface area (TPSA) is 21.3 Å². The SMILES string of the molecule is c1ccc2c(c1)CC1(CCCCN1)CO2. The van der Waals surface area contributed by atoms with E-state index in [2.05, 4.69) is 23.5 Å². The van der Waals surface area contributed by atoms with Crippen LogP contribution >= 0.6 is 0 Å². The lowest BCUT2D eigenvalue weighted by molar-refractivity contribution is 0.127. The molecular weight excluding hydrogens is 186 g/mol. The molecule has 1 fully saturated rings. The largest absolute Gasteiger partial charge is 0.491 e. The Labute approximate surface area is 90.6 Å². The van der Waals surface area contributed by atoms with Crippen LogP contribution in [0.25, 0.3) is 0 Å². The Morgan fingerprint density at radius 3 is 3.00 bits per heavy atom. The van der Waals surface area contributed by atoms with Gasteiger partial charge in [0.1, 0.15) is 12.4 Å². The Kier molecular flexibility index (Phi) is 2.17. The molecule has 3 rings (SSSR count). The molecule has 2 heterocycles. The highest BCUT2D eigenvalue weighted by atomic mass is 16.5. The number of nitrogens with one attached hydrogen (secondary N) is 1. The van der Waals surface area contributed by atoms with Crippen molar-refractivity contribution in [2.24, 2.45) is 0 Å². The molecular formula is C13H17NO. The van der Waals surface area contributed by atoms with E-state index in [1.807, 2.05) is 6.07 Å². The number of para-hydroxylation sites is 1. The maximum absolute atomic E-state index is 5.85. The molecule has 1 aromatic carbocycles. The van der Waals surface area contributed by atoms with E-state index in [0.717, 1.165) is 25.3 Å². The van der Waals surface area contributed by atoms with Crippen molar-refractivity contribution in [3.63, 3.8) is 0 Å². The van der Waals surface area contributed by atoms with Crippen molar-refractivity contribution in [3.8, 4) is 5.75 Å². The van der Waals surface area contributed by atoms with Gasteiger partial charge in [-0.3, -0.25) is 0 Å². The molecule has 0 bridgehead atoms. The molecule has 0 aromatic heterocycles. The summed E-state index contributed by atoms with van der Waals surface area (Å²) in [6, 6.07) is 8.41. The second-order valence-corrected chi connectivity index (χ2v) is 4.74. The predicted octanol–water partition coefficient (Wildman–Crippen LogP) is 2.13. The number of benzene rings is 1. The van der Waals surface area contributed by atoms with Crippen LogP contribution in [0.3, 0.4) is 0 Å². The quantitative estimate of drug-likeness (QED) is 0.697.